The zero-order chi connectivity index (χ0) is 20.0. The van der Waals surface area contributed by atoms with Crippen LogP contribution in [0.4, 0.5) is 13.2 Å². The number of rotatable bonds is 8. The topological polar surface area (TPSA) is 84.9 Å². The number of halogens is 3. The van der Waals surface area contributed by atoms with Crippen molar-refractivity contribution in [3.05, 3.63) is 29.8 Å². The molecule has 146 valence electrons. The number of ether oxygens (including phenoxy) is 2. The largest absolute Gasteiger partial charge is 0.483 e. The standard InChI is InChI=1S/C17H22F3NO5/c1-16(2,3)26-9-8-12(15(23)24)21-14(22)10-25-13-7-5-4-6-11(13)17(18,19)20/h4-7,12H,8-10H2,1-3H3,(H,21,22)(H,23,24). The molecular weight excluding hydrogens is 355 g/mol. The van der Waals surface area contributed by atoms with Crippen LogP contribution >= 0.6 is 0 Å². The number of carboxylic acid groups (broad SMARTS) is 1. The second-order valence-electron chi connectivity index (χ2n) is 6.49. The molecule has 0 saturated heterocycles. The summed E-state index contributed by atoms with van der Waals surface area (Å²) in [5.41, 5.74) is -1.47. The second kappa shape index (κ2) is 8.88. The summed E-state index contributed by atoms with van der Waals surface area (Å²) in [5, 5.41) is 11.3. The van der Waals surface area contributed by atoms with E-state index in [0.29, 0.717) is 0 Å². The van der Waals surface area contributed by atoms with Gasteiger partial charge in [-0.2, -0.15) is 13.2 Å². The Morgan fingerprint density at radius 3 is 2.35 bits per heavy atom. The van der Waals surface area contributed by atoms with Crippen LogP contribution in [-0.4, -0.2) is 41.8 Å². The first-order chi connectivity index (χ1) is 11.9. The average Bonchev–Trinajstić information content (AvgIpc) is 2.50. The molecule has 0 fully saturated rings. The van der Waals surface area contributed by atoms with Crippen molar-refractivity contribution in [2.24, 2.45) is 0 Å². The van der Waals surface area contributed by atoms with E-state index in [0.717, 1.165) is 12.1 Å². The summed E-state index contributed by atoms with van der Waals surface area (Å²) in [5.74, 6) is -2.62. The maximum atomic E-state index is 12.9. The summed E-state index contributed by atoms with van der Waals surface area (Å²) in [6.07, 6.45) is -4.61. The summed E-state index contributed by atoms with van der Waals surface area (Å²) >= 11 is 0. The summed E-state index contributed by atoms with van der Waals surface area (Å²) in [4.78, 5) is 23.0. The molecule has 0 spiro atoms. The Labute approximate surface area is 149 Å². The van der Waals surface area contributed by atoms with Crippen LogP contribution in [0.15, 0.2) is 24.3 Å². The molecule has 0 aliphatic carbocycles. The SMILES string of the molecule is CC(C)(C)OCCC(NC(=O)COc1ccccc1C(F)(F)F)C(=O)O. The molecule has 0 aliphatic heterocycles. The molecule has 0 radical (unpaired) electrons. The summed E-state index contributed by atoms with van der Waals surface area (Å²) in [6.45, 7) is 4.75. The predicted molar refractivity (Wildman–Crippen MR) is 86.8 cm³/mol. The molecular formula is C17H22F3NO5. The highest BCUT2D eigenvalue weighted by Crippen LogP contribution is 2.35. The fraction of sp³-hybridized carbons (Fsp3) is 0.529. The van der Waals surface area contributed by atoms with Crippen molar-refractivity contribution in [1.82, 2.24) is 5.32 Å². The number of para-hydroxylation sites is 1. The van der Waals surface area contributed by atoms with Crippen LogP contribution in [0.3, 0.4) is 0 Å². The number of carbonyl (C=O) groups is 2. The van der Waals surface area contributed by atoms with Crippen LogP contribution < -0.4 is 10.1 Å². The third-order valence-electron chi connectivity index (χ3n) is 3.13. The van der Waals surface area contributed by atoms with Gasteiger partial charge in [0.25, 0.3) is 5.91 Å². The van der Waals surface area contributed by atoms with Crippen LogP contribution in [0.1, 0.15) is 32.8 Å². The highest BCUT2D eigenvalue weighted by Gasteiger charge is 2.34. The lowest BCUT2D eigenvalue weighted by atomic mass is 10.1. The highest BCUT2D eigenvalue weighted by atomic mass is 19.4. The number of nitrogens with one attached hydrogen (secondary N) is 1. The van der Waals surface area contributed by atoms with Gasteiger partial charge in [-0.3, -0.25) is 4.79 Å². The molecule has 0 bridgehead atoms. The molecule has 1 amide bonds. The van der Waals surface area contributed by atoms with Crippen molar-refractivity contribution in [3.63, 3.8) is 0 Å². The summed E-state index contributed by atoms with van der Waals surface area (Å²) in [7, 11) is 0. The Morgan fingerprint density at radius 2 is 1.81 bits per heavy atom. The van der Waals surface area contributed by atoms with Crippen molar-refractivity contribution < 1.29 is 37.3 Å². The molecule has 0 heterocycles. The van der Waals surface area contributed by atoms with Crippen LogP contribution in [0.2, 0.25) is 0 Å². The van der Waals surface area contributed by atoms with Gasteiger partial charge in [-0.25, -0.2) is 4.79 Å². The van der Waals surface area contributed by atoms with Gasteiger partial charge in [0.15, 0.2) is 6.61 Å². The van der Waals surface area contributed by atoms with Crippen molar-refractivity contribution in [2.75, 3.05) is 13.2 Å². The number of carboxylic acids is 1. The van der Waals surface area contributed by atoms with E-state index in [9.17, 15) is 22.8 Å². The maximum absolute atomic E-state index is 12.9. The third-order valence-corrected chi connectivity index (χ3v) is 3.13. The summed E-state index contributed by atoms with van der Waals surface area (Å²) in [6, 6.07) is 3.22. The third kappa shape index (κ3) is 7.73. The van der Waals surface area contributed by atoms with E-state index in [-0.39, 0.29) is 13.0 Å². The number of benzene rings is 1. The molecule has 1 aromatic carbocycles. The van der Waals surface area contributed by atoms with Gasteiger partial charge in [0.1, 0.15) is 11.8 Å². The van der Waals surface area contributed by atoms with E-state index in [1.807, 2.05) is 0 Å². The van der Waals surface area contributed by atoms with Gasteiger partial charge in [-0.05, 0) is 32.9 Å². The fourth-order valence-electron chi connectivity index (χ4n) is 1.95. The van der Waals surface area contributed by atoms with Gasteiger partial charge in [0, 0.05) is 13.0 Å². The van der Waals surface area contributed by atoms with Gasteiger partial charge in [0.05, 0.1) is 11.2 Å². The second-order valence-corrected chi connectivity index (χ2v) is 6.49. The van der Waals surface area contributed by atoms with E-state index in [1.165, 1.54) is 12.1 Å². The van der Waals surface area contributed by atoms with E-state index in [2.05, 4.69) is 5.32 Å². The number of carbonyl (C=O) groups excluding carboxylic acids is 1. The number of hydrogen-bond donors (Lipinski definition) is 2. The number of aliphatic carboxylic acids is 1. The molecule has 6 nitrogen and oxygen atoms in total. The Bertz CT molecular complexity index is 626. The number of amides is 1. The normalized spacial score (nSPS) is 13.2. The van der Waals surface area contributed by atoms with E-state index < -0.39 is 47.6 Å². The molecule has 26 heavy (non-hydrogen) atoms. The molecule has 2 N–H and O–H groups in total. The highest BCUT2D eigenvalue weighted by molar-refractivity contribution is 5.84. The minimum absolute atomic E-state index is 0.0114. The predicted octanol–water partition coefficient (Wildman–Crippen LogP) is 2.86. The lowest BCUT2D eigenvalue weighted by molar-refractivity contribution is -0.143. The van der Waals surface area contributed by atoms with Gasteiger partial charge >= 0.3 is 12.1 Å². The van der Waals surface area contributed by atoms with Crippen molar-refractivity contribution in [1.29, 1.82) is 0 Å². The molecule has 1 unspecified atom stereocenters. The Kier molecular flexibility index (Phi) is 7.43. The number of alkyl halides is 3. The van der Waals surface area contributed by atoms with Crippen LogP contribution in [0.25, 0.3) is 0 Å². The van der Waals surface area contributed by atoms with Gasteiger partial charge in [-0.15, -0.1) is 0 Å². The molecule has 1 rings (SSSR count). The van der Waals surface area contributed by atoms with Crippen LogP contribution in [-0.2, 0) is 20.5 Å². The molecule has 9 heteroatoms. The molecule has 0 aromatic heterocycles. The van der Waals surface area contributed by atoms with Gasteiger partial charge < -0.3 is 19.9 Å². The lowest BCUT2D eigenvalue weighted by Gasteiger charge is -2.21. The lowest BCUT2D eigenvalue weighted by Crippen LogP contribution is -2.44. The van der Waals surface area contributed by atoms with Crippen LogP contribution in [0, 0.1) is 0 Å². The minimum atomic E-state index is -4.62. The van der Waals surface area contributed by atoms with Crippen molar-refractivity contribution in [2.45, 2.75) is 45.0 Å². The first kappa shape index (κ1) is 21.8. The first-order valence-corrected chi connectivity index (χ1v) is 7.85. The first-order valence-electron chi connectivity index (χ1n) is 7.85. The monoisotopic (exact) mass is 377 g/mol. The molecule has 0 aliphatic rings. The van der Waals surface area contributed by atoms with E-state index >= 15 is 0 Å². The van der Waals surface area contributed by atoms with E-state index in [4.69, 9.17) is 14.6 Å². The zero-order valence-corrected chi connectivity index (χ0v) is 14.7. The van der Waals surface area contributed by atoms with E-state index in [1.54, 1.807) is 20.8 Å². The van der Waals surface area contributed by atoms with Crippen molar-refractivity contribution >= 4 is 11.9 Å². The Balaban J connectivity index is 2.61. The maximum Gasteiger partial charge on any atom is 0.419 e. The quantitative estimate of drug-likeness (QED) is 0.728. The molecule has 0 saturated carbocycles. The zero-order valence-electron chi connectivity index (χ0n) is 14.7. The molecule has 1 atom stereocenters. The minimum Gasteiger partial charge on any atom is -0.483 e. The average molecular weight is 377 g/mol. The van der Waals surface area contributed by atoms with Gasteiger partial charge in [0.2, 0.25) is 0 Å². The molecule has 1 aromatic rings. The van der Waals surface area contributed by atoms with Gasteiger partial charge in [-0.1, -0.05) is 12.1 Å². The Hall–Kier alpha value is -2.29. The number of hydrogen-bond acceptors (Lipinski definition) is 4. The van der Waals surface area contributed by atoms with Crippen LogP contribution in [0.5, 0.6) is 5.75 Å². The smallest absolute Gasteiger partial charge is 0.419 e. The fourth-order valence-corrected chi connectivity index (χ4v) is 1.95. The van der Waals surface area contributed by atoms with Crippen molar-refractivity contribution in [3.8, 4) is 5.75 Å². The summed E-state index contributed by atoms with van der Waals surface area (Å²) < 4.78 is 48.9. The Morgan fingerprint density at radius 1 is 1.19 bits per heavy atom.